The molecule has 2 aromatic carbocycles. The molecule has 6 heteroatoms. The van der Waals surface area contributed by atoms with Gasteiger partial charge in [0, 0.05) is 10.0 Å². The van der Waals surface area contributed by atoms with Gasteiger partial charge in [-0.3, -0.25) is 0 Å². The fourth-order valence-corrected chi connectivity index (χ4v) is 2.49. The molecule has 2 rings (SSSR count). The first kappa shape index (κ1) is 15.0. The van der Waals surface area contributed by atoms with Crippen LogP contribution in [0.1, 0.15) is 17.2 Å². The van der Waals surface area contributed by atoms with Crippen LogP contribution in [0.15, 0.2) is 34.8 Å². The quantitative estimate of drug-likeness (QED) is 0.644. The molecule has 1 unspecified atom stereocenters. The maximum absolute atomic E-state index is 13.8. The van der Waals surface area contributed by atoms with Gasteiger partial charge in [-0.1, -0.05) is 22.0 Å². The summed E-state index contributed by atoms with van der Waals surface area (Å²) in [4.78, 5) is 0. The smallest absolute Gasteiger partial charge is 0.194 e. The molecule has 0 fully saturated rings. The predicted octanol–water partition coefficient (Wildman–Crippen LogP) is 4.31. The summed E-state index contributed by atoms with van der Waals surface area (Å²) in [7, 11) is 1.52. The van der Waals surface area contributed by atoms with E-state index in [0.717, 1.165) is 12.1 Å². The molecule has 1 atom stereocenters. The highest BCUT2D eigenvalue weighted by Gasteiger charge is 2.21. The van der Waals surface area contributed by atoms with E-state index < -0.39 is 29.3 Å². The van der Waals surface area contributed by atoms with Crippen LogP contribution in [0.3, 0.4) is 0 Å². The Kier molecular flexibility index (Phi) is 4.45. The van der Waals surface area contributed by atoms with Crippen molar-refractivity contribution < 1.29 is 17.6 Å². The number of rotatable bonds is 3. The molecule has 0 aliphatic carbocycles. The van der Waals surface area contributed by atoms with Crippen LogP contribution in [0.2, 0.25) is 0 Å². The first-order valence-electron chi connectivity index (χ1n) is 5.70. The van der Waals surface area contributed by atoms with E-state index in [9.17, 15) is 17.6 Å². The van der Waals surface area contributed by atoms with Crippen molar-refractivity contribution in [1.82, 2.24) is 5.32 Å². The van der Waals surface area contributed by atoms with Gasteiger partial charge in [0.05, 0.1) is 6.04 Å². The molecule has 2 aromatic rings. The van der Waals surface area contributed by atoms with Gasteiger partial charge in [0.1, 0.15) is 5.82 Å². The van der Waals surface area contributed by atoms with E-state index in [1.165, 1.54) is 19.2 Å². The highest BCUT2D eigenvalue weighted by atomic mass is 79.9. The Bertz CT molecular complexity index is 625. The van der Waals surface area contributed by atoms with Crippen LogP contribution in [-0.4, -0.2) is 7.05 Å². The zero-order valence-electron chi connectivity index (χ0n) is 10.4. The third kappa shape index (κ3) is 2.86. The Morgan fingerprint density at radius 3 is 2.30 bits per heavy atom. The summed E-state index contributed by atoms with van der Waals surface area (Å²) in [5, 5.41) is 2.76. The largest absolute Gasteiger partial charge is 0.309 e. The van der Waals surface area contributed by atoms with Crippen LogP contribution in [-0.2, 0) is 0 Å². The normalized spacial score (nSPS) is 12.5. The molecule has 0 bridgehead atoms. The lowest BCUT2D eigenvalue weighted by atomic mass is 9.98. The molecule has 0 radical (unpaired) electrons. The Morgan fingerprint density at radius 2 is 1.70 bits per heavy atom. The Morgan fingerprint density at radius 1 is 1.00 bits per heavy atom. The van der Waals surface area contributed by atoms with E-state index in [1.54, 1.807) is 6.07 Å². The van der Waals surface area contributed by atoms with Crippen molar-refractivity contribution in [3.05, 3.63) is 69.2 Å². The van der Waals surface area contributed by atoms with Crippen molar-refractivity contribution in [2.45, 2.75) is 6.04 Å². The summed E-state index contributed by atoms with van der Waals surface area (Å²) in [6, 6.07) is 5.20. The molecule has 0 heterocycles. The molecule has 0 aliphatic heterocycles. The summed E-state index contributed by atoms with van der Waals surface area (Å²) in [5.74, 6) is -4.61. The van der Waals surface area contributed by atoms with Crippen LogP contribution in [0.4, 0.5) is 17.6 Å². The molecular weight excluding hydrogens is 338 g/mol. The minimum atomic E-state index is -1.54. The summed E-state index contributed by atoms with van der Waals surface area (Å²) < 4.78 is 53.9. The van der Waals surface area contributed by atoms with Gasteiger partial charge in [0.25, 0.3) is 0 Å². The maximum atomic E-state index is 13.8. The first-order valence-corrected chi connectivity index (χ1v) is 6.50. The van der Waals surface area contributed by atoms with Crippen molar-refractivity contribution in [2.24, 2.45) is 0 Å². The van der Waals surface area contributed by atoms with Gasteiger partial charge in [-0.25, -0.2) is 17.6 Å². The van der Waals surface area contributed by atoms with E-state index in [2.05, 4.69) is 21.2 Å². The van der Waals surface area contributed by atoms with E-state index >= 15 is 0 Å². The standard InChI is InChI=1S/C14H10BrF4N/c1-20-14(7-4-8(15)6-9(16)5-7)10-2-3-11(17)13(19)12(10)18/h2-6,14,20H,1H3. The monoisotopic (exact) mass is 347 g/mol. The summed E-state index contributed by atoms with van der Waals surface area (Å²) in [6.07, 6.45) is 0. The molecular formula is C14H10BrF4N. The third-order valence-corrected chi connectivity index (χ3v) is 3.34. The molecule has 0 aliphatic rings. The molecule has 0 aromatic heterocycles. The fourth-order valence-electron chi connectivity index (χ4n) is 2.01. The number of hydrogen-bond acceptors (Lipinski definition) is 1. The van der Waals surface area contributed by atoms with Crippen molar-refractivity contribution in [2.75, 3.05) is 7.05 Å². The lowest BCUT2D eigenvalue weighted by Crippen LogP contribution is -2.20. The molecule has 0 saturated heterocycles. The van der Waals surface area contributed by atoms with Crippen LogP contribution < -0.4 is 5.32 Å². The minimum absolute atomic E-state index is 0.0936. The molecule has 0 saturated carbocycles. The van der Waals surface area contributed by atoms with Gasteiger partial charge in [-0.05, 0) is 36.9 Å². The van der Waals surface area contributed by atoms with E-state index in [1.807, 2.05) is 0 Å². The minimum Gasteiger partial charge on any atom is -0.309 e. The molecule has 0 spiro atoms. The summed E-state index contributed by atoms with van der Waals surface area (Å²) in [5.41, 5.74) is 0.299. The van der Waals surface area contributed by atoms with Crippen LogP contribution in [0, 0.1) is 23.3 Å². The second-order valence-corrected chi connectivity index (χ2v) is 5.10. The Balaban J connectivity index is 2.55. The highest BCUT2D eigenvalue weighted by Crippen LogP contribution is 2.28. The molecule has 1 nitrogen and oxygen atoms in total. The van der Waals surface area contributed by atoms with E-state index in [-0.39, 0.29) is 5.56 Å². The number of nitrogens with one attached hydrogen (secondary N) is 1. The molecule has 106 valence electrons. The van der Waals surface area contributed by atoms with Crippen molar-refractivity contribution in [1.29, 1.82) is 0 Å². The zero-order chi connectivity index (χ0) is 14.9. The SMILES string of the molecule is CNC(c1cc(F)cc(Br)c1)c1ccc(F)c(F)c1F. The van der Waals surface area contributed by atoms with Gasteiger partial charge in [-0.15, -0.1) is 0 Å². The van der Waals surface area contributed by atoms with E-state index in [0.29, 0.717) is 10.0 Å². The van der Waals surface area contributed by atoms with Gasteiger partial charge in [-0.2, -0.15) is 0 Å². The van der Waals surface area contributed by atoms with Gasteiger partial charge < -0.3 is 5.32 Å². The van der Waals surface area contributed by atoms with Crippen molar-refractivity contribution in [3.63, 3.8) is 0 Å². The average Bonchev–Trinajstić information content (AvgIpc) is 2.38. The number of hydrogen-bond donors (Lipinski definition) is 1. The average molecular weight is 348 g/mol. The van der Waals surface area contributed by atoms with Gasteiger partial charge in [0.2, 0.25) is 0 Å². The summed E-state index contributed by atoms with van der Waals surface area (Å²) in [6.45, 7) is 0. The number of benzene rings is 2. The number of halogens is 5. The lowest BCUT2D eigenvalue weighted by Gasteiger charge is -2.18. The van der Waals surface area contributed by atoms with Gasteiger partial charge in [0.15, 0.2) is 17.5 Å². The summed E-state index contributed by atoms with van der Waals surface area (Å²) >= 11 is 3.13. The second kappa shape index (κ2) is 5.93. The van der Waals surface area contributed by atoms with Gasteiger partial charge >= 0.3 is 0 Å². The van der Waals surface area contributed by atoms with Crippen molar-refractivity contribution >= 4 is 15.9 Å². The lowest BCUT2D eigenvalue weighted by molar-refractivity contribution is 0.435. The Labute approximate surface area is 121 Å². The topological polar surface area (TPSA) is 12.0 Å². The van der Waals surface area contributed by atoms with Crippen LogP contribution in [0.5, 0.6) is 0 Å². The Hall–Kier alpha value is -1.40. The third-order valence-electron chi connectivity index (χ3n) is 2.88. The molecule has 1 N–H and O–H groups in total. The highest BCUT2D eigenvalue weighted by molar-refractivity contribution is 9.10. The fraction of sp³-hybridized carbons (Fsp3) is 0.143. The first-order chi connectivity index (χ1) is 9.43. The zero-order valence-corrected chi connectivity index (χ0v) is 11.9. The predicted molar refractivity (Wildman–Crippen MR) is 71.3 cm³/mol. The van der Waals surface area contributed by atoms with Crippen LogP contribution in [0.25, 0.3) is 0 Å². The van der Waals surface area contributed by atoms with Crippen molar-refractivity contribution in [3.8, 4) is 0 Å². The molecule has 20 heavy (non-hydrogen) atoms. The van der Waals surface area contributed by atoms with E-state index in [4.69, 9.17) is 0 Å². The maximum Gasteiger partial charge on any atom is 0.194 e. The second-order valence-electron chi connectivity index (χ2n) is 4.19. The molecule has 0 amide bonds. The van der Waals surface area contributed by atoms with Crippen LogP contribution >= 0.6 is 15.9 Å².